The first-order chi connectivity index (χ1) is 18.1. The molecule has 2 N–H and O–H groups in total. The minimum absolute atomic E-state index is 0. The summed E-state index contributed by atoms with van der Waals surface area (Å²) in [5, 5.41) is 31.5. The van der Waals surface area contributed by atoms with Crippen molar-refractivity contribution < 1.29 is 58.0 Å². The smallest absolute Gasteiger partial charge is 0.355 e. The van der Waals surface area contributed by atoms with E-state index in [1.807, 2.05) is 35.5 Å². The Hall–Kier alpha value is -2.53. The second kappa shape index (κ2) is 11.5. The molecular weight excluding hydrogens is 659 g/mol. The highest BCUT2D eigenvalue weighted by Crippen LogP contribution is 2.52. The van der Waals surface area contributed by atoms with E-state index >= 15 is 0 Å². The monoisotopic (exact) mass is 686 g/mol. The highest BCUT2D eigenvalue weighted by atomic mass is 127. The van der Waals surface area contributed by atoms with Crippen molar-refractivity contribution in [1.29, 1.82) is 0 Å². The van der Waals surface area contributed by atoms with Crippen LogP contribution in [-0.4, -0.2) is 60.8 Å². The van der Waals surface area contributed by atoms with Crippen molar-refractivity contribution in [2.24, 2.45) is 18.9 Å². The Bertz CT molecular complexity index is 1470. The zero-order valence-corrected chi connectivity index (χ0v) is 25.1. The molecule has 4 atom stereocenters. The second-order valence-corrected chi connectivity index (χ2v) is 11.5. The molecule has 208 valence electrons. The number of carbonyl (C=O) groups excluding carboxylic acids is 2. The molecule has 0 radical (unpaired) electrons. The number of imidazole rings is 1. The number of hydrogen-bond acceptors (Lipinski definition) is 9. The van der Waals surface area contributed by atoms with Crippen LogP contribution in [0, 0.1) is 22.0 Å². The van der Waals surface area contributed by atoms with Crippen molar-refractivity contribution in [1.82, 2.24) is 9.30 Å². The van der Waals surface area contributed by atoms with Crippen LogP contribution < -0.4 is 28.5 Å². The van der Waals surface area contributed by atoms with Crippen LogP contribution >= 0.6 is 23.1 Å². The Morgan fingerprint density at radius 3 is 2.64 bits per heavy atom. The number of nitro benzene ring substituents is 1. The molecule has 0 bridgehead atoms. The molecule has 1 aromatic carbocycles. The van der Waals surface area contributed by atoms with E-state index in [1.165, 1.54) is 52.3 Å². The van der Waals surface area contributed by atoms with Crippen LogP contribution in [0.15, 0.2) is 47.5 Å². The van der Waals surface area contributed by atoms with Gasteiger partial charge in [-0.2, -0.15) is 4.40 Å². The van der Waals surface area contributed by atoms with E-state index in [0.717, 1.165) is 14.7 Å². The van der Waals surface area contributed by atoms with Gasteiger partial charge < -0.3 is 43.8 Å². The molecule has 2 aliphatic heterocycles. The van der Waals surface area contributed by atoms with Crippen molar-refractivity contribution in [3.05, 3.63) is 63.0 Å². The number of aryl methyl sites for hydroxylation is 1. The molecule has 1 amide bonds. The molecule has 0 saturated carbocycles. The number of aromatic nitrogens is 2. The largest absolute Gasteiger partial charge is 1.00 e. The average molecular weight is 687 g/mol. The number of fused-ring (bicyclic) bond motifs is 2. The SMILES string of the molecule is C[C@@H](O)[C@H]1C(=O)N2C(C(=O)OCc3ccc([N+](=O)[O-])cc3)=C(c3cn4c[n+](C)c(SCCO)c4s3)[C@H](C)[C@H]12.[I-]. The molecule has 0 unspecified atom stereocenters. The number of β-lactam (4-membered cyclic amide) rings is 1. The topological polar surface area (TPSA) is 138 Å². The number of nitro groups is 1. The zero-order chi connectivity index (χ0) is 27.3. The van der Waals surface area contributed by atoms with Gasteiger partial charge in [0.2, 0.25) is 22.1 Å². The lowest BCUT2D eigenvalue weighted by molar-refractivity contribution is -0.705. The van der Waals surface area contributed by atoms with E-state index in [-0.39, 0.29) is 66.4 Å². The molecule has 39 heavy (non-hydrogen) atoms. The van der Waals surface area contributed by atoms with Gasteiger partial charge in [0.15, 0.2) is 0 Å². The summed E-state index contributed by atoms with van der Waals surface area (Å²) in [5.74, 6) is -1.27. The quantitative estimate of drug-likeness (QED) is 0.0565. The zero-order valence-electron chi connectivity index (χ0n) is 21.3. The molecule has 11 nitrogen and oxygen atoms in total. The average Bonchev–Trinajstić information content (AvgIpc) is 3.48. The van der Waals surface area contributed by atoms with Crippen LogP contribution in [0.1, 0.15) is 24.3 Å². The van der Waals surface area contributed by atoms with E-state index in [4.69, 9.17) is 4.74 Å². The number of halogens is 1. The number of rotatable bonds is 9. The summed E-state index contributed by atoms with van der Waals surface area (Å²) < 4.78 is 9.53. The highest BCUT2D eigenvalue weighted by Gasteiger charge is 2.60. The normalized spacial score (nSPS) is 21.0. The van der Waals surface area contributed by atoms with Gasteiger partial charge >= 0.3 is 5.97 Å². The van der Waals surface area contributed by atoms with Crippen molar-refractivity contribution in [3.63, 3.8) is 0 Å². The maximum absolute atomic E-state index is 13.5. The van der Waals surface area contributed by atoms with Gasteiger partial charge in [0.25, 0.3) is 5.69 Å². The van der Waals surface area contributed by atoms with Crippen LogP contribution in [-0.2, 0) is 28.0 Å². The Labute approximate surface area is 249 Å². The number of thiazole rings is 1. The maximum Gasteiger partial charge on any atom is 0.355 e. The Kier molecular flexibility index (Phi) is 8.70. The minimum atomic E-state index is -0.859. The number of hydrogen-bond donors (Lipinski definition) is 2. The molecule has 0 aliphatic carbocycles. The summed E-state index contributed by atoms with van der Waals surface area (Å²) in [4.78, 5) is 40.2. The number of carbonyl (C=O) groups is 2. The van der Waals surface area contributed by atoms with Crippen LogP contribution in [0.2, 0.25) is 0 Å². The summed E-state index contributed by atoms with van der Waals surface area (Å²) in [5.41, 5.74) is 1.38. The standard InChI is InChI=1S/C25H27N4O7S2.HI/c1-13-18(17-10-27-12-26(3)23(24(27)38-17)37-9-8-30)21(28-20(13)19(14(2)31)22(28)32)25(33)36-11-15-4-6-16(7-5-15)29(34)35;/h4-7,10,12-14,19-20,30-31H,8-9,11H2,1-3H3;1H/q+1;/p-1/t13-,14+,19+,20+;/m0./s1. The summed E-state index contributed by atoms with van der Waals surface area (Å²) in [6.45, 7) is 3.46. The van der Waals surface area contributed by atoms with Gasteiger partial charge in [-0.05, 0) is 24.6 Å². The lowest BCUT2D eigenvalue weighted by Gasteiger charge is -2.46. The molecule has 4 heterocycles. The molecule has 1 saturated heterocycles. The maximum atomic E-state index is 13.5. The van der Waals surface area contributed by atoms with E-state index in [2.05, 4.69) is 0 Å². The molecule has 5 rings (SSSR count). The molecule has 2 aromatic heterocycles. The van der Waals surface area contributed by atoms with E-state index < -0.39 is 22.9 Å². The summed E-state index contributed by atoms with van der Waals surface area (Å²) in [7, 11) is 1.93. The van der Waals surface area contributed by atoms with Gasteiger partial charge in [0, 0.05) is 29.4 Å². The predicted molar refractivity (Wildman–Crippen MR) is 139 cm³/mol. The summed E-state index contributed by atoms with van der Waals surface area (Å²) >= 11 is 3.02. The fraction of sp³-hybridized carbons (Fsp3) is 0.400. The first-order valence-electron chi connectivity index (χ1n) is 12.0. The number of aliphatic hydroxyl groups is 2. The van der Waals surface area contributed by atoms with Gasteiger partial charge in [-0.1, -0.05) is 30.0 Å². The molecule has 14 heteroatoms. The van der Waals surface area contributed by atoms with Crippen LogP contribution in [0.25, 0.3) is 10.4 Å². The minimum Gasteiger partial charge on any atom is -1.00 e. The van der Waals surface area contributed by atoms with Gasteiger partial charge in [-0.25, -0.2) is 9.36 Å². The van der Waals surface area contributed by atoms with Gasteiger partial charge in [-0.3, -0.25) is 14.9 Å². The number of non-ortho nitro benzene ring substituents is 1. The first kappa shape index (κ1) is 29.5. The van der Waals surface area contributed by atoms with Crippen LogP contribution in [0.3, 0.4) is 0 Å². The summed E-state index contributed by atoms with van der Waals surface area (Å²) in [6.07, 6.45) is 2.98. The molecular formula is C25H27IN4O7S2. The van der Waals surface area contributed by atoms with E-state index in [1.54, 1.807) is 6.92 Å². The third-order valence-electron chi connectivity index (χ3n) is 6.98. The lowest BCUT2D eigenvalue weighted by atomic mass is 9.77. The Morgan fingerprint density at radius 1 is 1.33 bits per heavy atom. The lowest BCUT2D eigenvalue weighted by Crippen LogP contribution is -3.00. The van der Waals surface area contributed by atoms with Crippen molar-refractivity contribution in [3.8, 4) is 0 Å². The fourth-order valence-electron chi connectivity index (χ4n) is 5.24. The molecule has 2 aliphatic rings. The third kappa shape index (κ3) is 5.08. The van der Waals surface area contributed by atoms with Crippen LogP contribution in [0.5, 0.6) is 0 Å². The molecule has 3 aromatic rings. The van der Waals surface area contributed by atoms with Crippen molar-refractivity contribution >= 4 is 51.1 Å². The molecule has 0 spiro atoms. The van der Waals surface area contributed by atoms with Crippen molar-refractivity contribution in [2.75, 3.05) is 12.4 Å². The van der Waals surface area contributed by atoms with Gasteiger partial charge in [0.1, 0.15) is 18.5 Å². The van der Waals surface area contributed by atoms with Crippen LogP contribution in [0.4, 0.5) is 5.69 Å². The number of amides is 1. The number of aliphatic hydroxyl groups excluding tert-OH is 2. The molecule has 1 fully saturated rings. The number of ether oxygens (including phenoxy) is 1. The number of nitrogens with zero attached hydrogens (tertiary/aromatic N) is 4. The van der Waals surface area contributed by atoms with Gasteiger partial charge in [0.05, 0.1) is 41.5 Å². The highest BCUT2D eigenvalue weighted by molar-refractivity contribution is 7.99. The van der Waals surface area contributed by atoms with E-state index in [0.29, 0.717) is 16.9 Å². The Morgan fingerprint density at radius 2 is 2.03 bits per heavy atom. The second-order valence-electron chi connectivity index (χ2n) is 9.43. The Balaban J connectivity index is 0.00000353. The van der Waals surface area contributed by atoms with Gasteiger partial charge in [-0.15, -0.1) is 0 Å². The van der Waals surface area contributed by atoms with E-state index in [9.17, 15) is 29.9 Å². The number of thioether (sulfide) groups is 1. The fourth-order valence-corrected chi connectivity index (χ4v) is 7.51. The van der Waals surface area contributed by atoms with Crippen molar-refractivity contribution in [2.45, 2.75) is 37.6 Å². The predicted octanol–water partition coefficient (Wildman–Crippen LogP) is -0.866. The summed E-state index contributed by atoms with van der Waals surface area (Å²) in [6, 6.07) is 5.36. The number of benzene rings is 1. The third-order valence-corrected chi connectivity index (χ3v) is 9.39. The first-order valence-corrected chi connectivity index (χ1v) is 13.8. The number of esters is 1.